The first kappa shape index (κ1) is 28.3. The van der Waals surface area contributed by atoms with E-state index in [2.05, 4.69) is 167 Å². The molecule has 10 aromatic rings. The minimum Gasteiger partial charge on any atom is -0.309 e. The maximum Gasteiger partial charge on any atom is 0.145 e. The molecule has 0 aliphatic carbocycles. The fourth-order valence-electron chi connectivity index (χ4n) is 7.55. The molecule has 6 aromatic carbocycles. The van der Waals surface area contributed by atoms with E-state index in [4.69, 9.17) is 9.97 Å². The second kappa shape index (κ2) is 11.4. The molecule has 0 radical (unpaired) electrons. The van der Waals surface area contributed by atoms with Crippen LogP contribution in [0.15, 0.2) is 182 Å². The topological polar surface area (TPSA) is 35.6 Å². The van der Waals surface area contributed by atoms with Crippen LogP contribution >= 0.6 is 0 Å². The third-order valence-corrected chi connectivity index (χ3v) is 9.76. The fraction of sp³-hybridized carbons (Fsp3) is 0. The van der Waals surface area contributed by atoms with Gasteiger partial charge in [-0.3, -0.25) is 4.57 Å². The van der Waals surface area contributed by atoms with Gasteiger partial charge < -0.3 is 4.57 Å². The van der Waals surface area contributed by atoms with Gasteiger partial charge in [-0.05, 0) is 65.7 Å². The highest BCUT2D eigenvalue weighted by molar-refractivity contribution is 6.17. The van der Waals surface area contributed by atoms with Crippen LogP contribution in [0.3, 0.4) is 0 Å². The van der Waals surface area contributed by atoms with Gasteiger partial charge >= 0.3 is 0 Å². The minimum atomic E-state index is 0.942. The summed E-state index contributed by atoms with van der Waals surface area (Å²) in [7, 11) is 0. The SMILES string of the molecule is c1ccc(-c2cc(-n3c4ccccc4c4c(-c5ccc6c7cccnc7n(-c7ccccc7)c6c5)cccc43)cc(-c3ccccc3)n2)cc1. The van der Waals surface area contributed by atoms with Crippen molar-refractivity contribution in [3.8, 4) is 45.0 Å². The van der Waals surface area contributed by atoms with Gasteiger partial charge in [-0.2, -0.15) is 0 Å². The van der Waals surface area contributed by atoms with E-state index in [-0.39, 0.29) is 0 Å². The number of hydrogen-bond acceptors (Lipinski definition) is 2. The summed E-state index contributed by atoms with van der Waals surface area (Å²) < 4.78 is 4.68. The first-order valence-corrected chi connectivity index (χ1v) is 16.9. The molecule has 50 heavy (non-hydrogen) atoms. The zero-order valence-electron chi connectivity index (χ0n) is 27.1. The highest BCUT2D eigenvalue weighted by atomic mass is 15.0. The number of pyridine rings is 2. The molecule has 0 aliphatic heterocycles. The van der Waals surface area contributed by atoms with Crippen LogP contribution in [-0.2, 0) is 0 Å². The summed E-state index contributed by atoms with van der Waals surface area (Å²) in [5.41, 5.74) is 13.0. The summed E-state index contributed by atoms with van der Waals surface area (Å²) in [6.45, 7) is 0. The molecule has 4 heteroatoms. The number of nitrogens with zero attached hydrogens (tertiary/aromatic N) is 4. The predicted octanol–water partition coefficient (Wildman–Crippen LogP) is 11.7. The van der Waals surface area contributed by atoms with Crippen LogP contribution in [0.1, 0.15) is 0 Å². The van der Waals surface area contributed by atoms with E-state index in [9.17, 15) is 0 Å². The quantitative estimate of drug-likeness (QED) is 0.188. The van der Waals surface area contributed by atoms with Crippen molar-refractivity contribution in [2.24, 2.45) is 0 Å². The summed E-state index contributed by atoms with van der Waals surface area (Å²) in [4.78, 5) is 10.0. The molecule has 4 heterocycles. The van der Waals surface area contributed by atoms with E-state index in [1.54, 1.807) is 0 Å². The monoisotopic (exact) mass is 638 g/mol. The average Bonchev–Trinajstić information content (AvgIpc) is 3.71. The average molecular weight is 639 g/mol. The molecule has 0 saturated heterocycles. The van der Waals surface area contributed by atoms with Crippen molar-refractivity contribution in [1.29, 1.82) is 0 Å². The van der Waals surface area contributed by atoms with Crippen LogP contribution in [-0.4, -0.2) is 19.1 Å². The zero-order valence-corrected chi connectivity index (χ0v) is 27.1. The van der Waals surface area contributed by atoms with Crippen LogP contribution in [0.25, 0.3) is 88.8 Å². The molecule has 4 nitrogen and oxygen atoms in total. The zero-order chi connectivity index (χ0) is 33.0. The van der Waals surface area contributed by atoms with Crippen molar-refractivity contribution in [3.05, 3.63) is 182 Å². The first-order valence-electron chi connectivity index (χ1n) is 16.9. The van der Waals surface area contributed by atoms with Crippen molar-refractivity contribution in [3.63, 3.8) is 0 Å². The lowest BCUT2D eigenvalue weighted by atomic mass is 9.98. The molecule has 0 spiro atoms. The Hall–Kier alpha value is -6.78. The maximum absolute atomic E-state index is 5.17. The maximum atomic E-state index is 5.17. The third-order valence-electron chi connectivity index (χ3n) is 9.76. The van der Waals surface area contributed by atoms with Gasteiger partial charge in [0.25, 0.3) is 0 Å². The van der Waals surface area contributed by atoms with E-state index < -0.39 is 0 Å². The molecule has 0 fully saturated rings. The minimum absolute atomic E-state index is 0.942. The van der Waals surface area contributed by atoms with Gasteiger partial charge in [0.05, 0.1) is 33.6 Å². The van der Waals surface area contributed by atoms with Crippen molar-refractivity contribution in [1.82, 2.24) is 19.1 Å². The summed E-state index contributed by atoms with van der Waals surface area (Å²) in [5, 5.41) is 4.77. The molecule has 4 aromatic heterocycles. The molecular weight excluding hydrogens is 609 g/mol. The first-order chi connectivity index (χ1) is 24.8. The molecule has 0 amide bonds. The molecule has 0 atom stereocenters. The molecule has 0 bridgehead atoms. The highest BCUT2D eigenvalue weighted by Crippen LogP contribution is 2.41. The highest BCUT2D eigenvalue weighted by Gasteiger charge is 2.19. The van der Waals surface area contributed by atoms with Crippen LogP contribution < -0.4 is 0 Å². The molecule has 234 valence electrons. The van der Waals surface area contributed by atoms with Crippen molar-refractivity contribution in [2.45, 2.75) is 0 Å². The van der Waals surface area contributed by atoms with Gasteiger partial charge in [0.2, 0.25) is 0 Å². The molecule has 0 saturated carbocycles. The number of benzene rings is 6. The number of rotatable bonds is 5. The smallest absolute Gasteiger partial charge is 0.145 e. The lowest BCUT2D eigenvalue weighted by Gasteiger charge is -2.13. The van der Waals surface area contributed by atoms with E-state index in [0.717, 1.165) is 67.0 Å². The molecule has 0 aliphatic rings. The second-order valence-corrected chi connectivity index (χ2v) is 12.7. The van der Waals surface area contributed by atoms with Crippen molar-refractivity contribution in [2.75, 3.05) is 0 Å². The fourth-order valence-corrected chi connectivity index (χ4v) is 7.55. The van der Waals surface area contributed by atoms with E-state index in [1.807, 2.05) is 24.4 Å². The summed E-state index contributed by atoms with van der Waals surface area (Å²) in [5.74, 6) is 0. The Bertz CT molecular complexity index is 2790. The number of aromatic nitrogens is 4. The van der Waals surface area contributed by atoms with Crippen molar-refractivity contribution >= 4 is 43.7 Å². The Morgan fingerprint density at radius 3 is 1.76 bits per heavy atom. The largest absolute Gasteiger partial charge is 0.309 e. The number of hydrogen-bond donors (Lipinski definition) is 0. The third kappa shape index (κ3) is 4.46. The normalized spacial score (nSPS) is 11.6. The summed E-state index contributed by atoms with van der Waals surface area (Å²) >= 11 is 0. The summed E-state index contributed by atoms with van der Waals surface area (Å²) in [6.07, 6.45) is 1.88. The van der Waals surface area contributed by atoms with E-state index in [1.165, 1.54) is 21.7 Å². The second-order valence-electron chi connectivity index (χ2n) is 12.7. The van der Waals surface area contributed by atoms with Crippen LogP contribution in [0.5, 0.6) is 0 Å². The Kier molecular flexibility index (Phi) is 6.46. The lowest BCUT2D eigenvalue weighted by Crippen LogP contribution is -1.98. The van der Waals surface area contributed by atoms with Crippen LogP contribution in [0.4, 0.5) is 0 Å². The number of para-hydroxylation sites is 2. The van der Waals surface area contributed by atoms with Crippen molar-refractivity contribution < 1.29 is 0 Å². The predicted molar refractivity (Wildman–Crippen MR) is 207 cm³/mol. The van der Waals surface area contributed by atoms with E-state index >= 15 is 0 Å². The Balaban J connectivity index is 1.24. The lowest BCUT2D eigenvalue weighted by molar-refractivity contribution is 1.14. The molecule has 10 rings (SSSR count). The standard InChI is InChI=1S/C46H30N4/c1-4-14-31(15-5-1)40-29-35(30-41(48-40)32-16-6-2-7-17-32)49-42-23-11-10-20-39(42)45-36(21-12-24-43(45)49)33-25-26-37-38-22-13-27-47-46(38)50(44(37)28-33)34-18-8-3-9-19-34/h1-30H. The van der Waals surface area contributed by atoms with E-state index in [0.29, 0.717) is 0 Å². The molecule has 0 unspecified atom stereocenters. The van der Waals surface area contributed by atoms with Gasteiger partial charge in [-0.15, -0.1) is 0 Å². The van der Waals surface area contributed by atoms with Gasteiger partial charge in [0.1, 0.15) is 5.65 Å². The van der Waals surface area contributed by atoms with Gasteiger partial charge in [-0.1, -0.05) is 121 Å². The van der Waals surface area contributed by atoms with Crippen LogP contribution in [0.2, 0.25) is 0 Å². The molecular formula is C46H30N4. The van der Waals surface area contributed by atoms with Gasteiger partial charge in [0.15, 0.2) is 0 Å². The number of fused-ring (bicyclic) bond motifs is 6. The summed E-state index contributed by atoms with van der Waals surface area (Å²) in [6, 6.07) is 62.3. The Morgan fingerprint density at radius 2 is 1.02 bits per heavy atom. The molecule has 0 N–H and O–H groups in total. The Labute approximate surface area is 289 Å². The van der Waals surface area contributed by atoms with Gasteiger partial charge in [0, 0.05) is 44.6 Å². The Morgan fingerprint density at radius 1 is 0.380 bits per heavy atom. The van der Waals surface area contributed by atoms with Crippen LogP contribution in [0, 0.1) is 0 Å². The van der Waals surface area contributed by atoms with Gasteiger partial charge in [-0.25, -0.2) is 9.97 Å².